The first kappa shape index (κ1) is 22.4. The van der Waals surface area contributed by atoms with E-state index in [1.165, 1.54) is 24.3 Å². The molecule has 6 rings (SSSR count). The SMILES string of the molecule is O=C(NCc1cn2cccnc2n1)c1ccc2nc(-c3ccc(F)cc3)c(-c3ccc(F)cc3)nc2c1. The van der Waals surface area contributed by atoms with E-state index in [0.717, 1.165) is 0 Å². The molecule has 0 aliphatic rings. The number of carbonyl (C=O) groups is 1. The molecule has 0 bridgehead atoms. The van der Waals surface area contributed by atoms with E-state index in [9.17, 15) is 13.6 Å². The largest absolute Gasteiger partial charge is 0.346 e. The van der Waals surface area contributed by atoms with Gasteiger partial charge in [0.25, 0.3) is 5.91 Å². The van der Waals surface area contributed by atoms with Gasteiger partial charge in [-0.2, -0.15) is 0 Å². The van der Waals surface area contributed by atoms with Crippen molar-refractivity contribution in [1.29, 1.82) is 0 Å². The Kier molecular flexibility index (Phi) is 5.57. The Morgan fingerprint density at radius 1 is 0.811 bits per heavy atom. The molecule has 0 spiro atoms. The zero-order valence-corrected chi connectivity index (χ0v) is 19.3. The van der Waals surface area contributed by atoms with Gasteiger partial charge in [-0.3, -0.25) is 9.20 Å². The third-order valence-corrected chi connectivity index (χ3v) is 5.88. The number of nitrogens with zero attached hydrogens (tertiary/aromatic N) is 5. The fraction of sp³-hybridized carbons (Fsp3) is 0.0357. The number of carbonyl (C=O) groups excluding carboxylic acids is 1. The van der Waals surface area contributed by atoms with Crippen LogP contribution in [0.1, 0.15) is 16.1 Å². The van der Waals surface area contributed by atoms with Crippen molar-refractivity contribution in [2.45, 2.75) is 6.54 Å². The van der Waals surface area contributed by atoms with Crippen molar-refractivity contribution in [3.05, 3.63) is 114 Å². The summed E-state index contributed by atoms with van der Waals surface area (Å²) in [6.07, 6.45) is 5.30. The molecule has 3 aromatic carbocycles. The van der Waals surface area contributed by atoms with Crippen molar-refractivity contribution in [2.24, 2.45) is 0 Å². The van der Waals surface area contributed by atoms with Gasteiger partial charge in [-0.25, -0.2) is 28.7 Å². The Labute approximate surface area is 209 Å². The number of aromatic nitrogens is 5. The van der Waals surface area contributed by atoms with E-state index in [4.69, 9.17) is 9.97 Å². The number of hydrogen-bond donors (Lipinski definition) is 1. The van der Waals surface area contributed by atoms with E-state index < -0.39 is 0 Å². The molecule has 3 aromatic heterocycles. The molecule has 3 heterocycles. The number of fused-ring (bicyclic) bond motifs is 2. The molecule has 0 aliphatic carbocycles. The van der Waals surface area contributed by atoms with E-state index in [-0.39, 0.29) is 24.1 Å². The molecule has 0 aliphatic heterocycles. The highest BCUT2D eigenvalue weighted by Gasteiger charge is 2.16. The fourth-order valence-corrected chi connectivity index (χ4v) is 4.05. The summed E-state index contributed by atoms with van der Waals surface area (Å²) in [6, 6.07) is 18.7. The lowest BCUT2D eigenvalue weighted by Crippen LogP contribution is -2.23. The van der Waals surface area contributed by atoms with Gasteiger partial charge in [0.05, 0.1) is 34.7 Å². The van der Waals surface area contributed by atoms with Crippen LogP contribution in [0.5, 0.6) is 0 Å². The number of hydrogen-bond acceptors (Lipinski definition) is 5. The van der Waals surface area contributed by atoms with E-state index in [0.29, 0.717) is 50.6 Å². The van der Waals surface area contributed by atoms with Crippen LogP contribution in [0.3, 0.4) is 0 Å². The molecule has 0 radical (unpaired) electrons. The maximum Gasteiger partial charge on any atom is 0.251 e. The topological polar surface area (TPSA) is 85.1 Å². The molecule has 180 valence electrons. The minimum absolute atomic E-state index is 0.232. The molecular formula is C28H18F2N6O. The highest BCUT2D eigenvalue weighted by atomic mass is 19.1. The van der Waals surface area contributed by atoms with Gasteiger partial charge in [0.2, 0.25) is 5.78 Å². The summed E-state index contributed by atoms with van der Waals surface area (Å²) in [6.45, 7) is 0.232. The lowest BCUT2D eigenvalue weighted by Gasteiger charge is -2.12. The van der Waals surface area contributed by atoms with Crippen molar-refractivity contribution in [1.82, 2.24) is 29.7 Å². The maximum atomic E-state index is 13.6. The van der Waals surface area contributed by atoms with Crippen LogP contribution in [-0.2, 0) is 6.54 Å². The minimum Gasteiger partial charge on any atom is -0.346 e. The van der Waals surface area contributed by atoms with Crippen molar-refractivity contribution < 1.29 is 13.6 Å². The van der Waals surface area contributed by atoms with Crippen LogP contribution < -0.4 is 5.32 Å². The second kappa shape index (κ2) is 9.19. The number of halogens is 2. The van der Waals surface area contributed by atoms with E-state index in [2.05, 4.69) is 15.3 Å². The number of amides is 1. The Bertz CT molecular complexity index is 1730. The molecule has 9 heteroatoms. The highest BCUT2D eigenvalue weighted by Crippen LogP contribution is 2.31. The first-order valence-corrected chi connectivity index (χ1v) is 11.4. The average molecular weight is 492 g/mol. The van der Waals surface area contributed by atoms with E-state index in [1.807, 2.05) is 6.20 Å². The molecule has 0 unspecified atom stereocenters. The Hall–Kier alpha value is -5.05. The summed E-state index contributed by atoms with van der Waals surface area (Å²) >= 11 is 0. The first-order valence-electron chi connectivity index (χ1n) is 11.4. The number of nitrogens with one attached hydrogen (secondary N) is 1. The standard InChI is InChI=1S/C28H18F2N6O/c29-20-7-2-17(3-8-20)25-26(18-4-9-21(30)10-5-18)35-24-14-19(6-11-23(24)34-25)27(37)32-15-22-16-36-13-1-12-31-28(36)33-22/h1-14,16H,15H2,(H,32,37). The second-order valence-electron chi connectivity index (χ2n) is 8.38. The second-order valence-corrected chi connectivity index (χ2v) is 8.38. The summed E-state index contributed by atoms with van der Waals surface area (Å²) in [5.74, 6) is -0.477. The average Bonchev–Trinajstić information content (AvgIpc) is 3.35. The van der Waals surface area contributed by atoms with Crippen molar-refractivity contribution >= 4 is 22.7 Å². The molecule has 1 amide bonds. The molecule has 7 nitrogen and oxygen atoms in total. The molecule has 0 saturated heterocycles. The molecule has 0 saturated carbocycles. The Morgan fingerprint density at radius 3 is 2.11 bits per heavy atom. The monoisotopic (exact) mass is 492 g/mol. The van der Waals surface area contributed by atoms with Gasteiger partial charge in [0, 0.05) is 35.3 Å². The van der Waals surface area contributed by atoms with Crippen LogP contribution in [0.4, 0.5) is 8.78 Å². The first-order chi connectivity index (χ1) is 18.0. The summed E-state index contributed by atoms with van der Waals surface area (Å²) in [5, 5.41) is 2.87. The summed E-state index contributed by atoms with van der Waals surface area (Å²) < 4.78 is 28.9. The quantitative estimate of drug-likeness (QED) is 0.357. The summed E-state index contributed by atoms with van der Waals surface area (Å²) in [4.78, 5) is 31.0. The van der Waals surface area contributed by atoms with E-state index >= 15 is 0 Å². The Morgan fingerprint density at radius 2 is 1.46 bits per heavy atom. The van der Waals surface area contributed by atoms with Crippen LogP contribution in [0.2, 0.25) is 0 Å². The minimum atomic E-state index is -0.374. The normalized spacial score (nSPS) is 11.2. The van der Waals surface area contributed by atoms with Crippen LogP contribution >= 0.6 is 0 Å². The van der Waals surface area contributed by atoms with Gasteiger partial charge in [-0.05, 0) is 72.8 Å². The molecule has 6 aromatic rings. The zero-order valence-electron chi connectivity index (χ0n) is 19.3. The van der Waals surface area contributed by atoms with Crippen LogP contribution in [0.25, 0.3) is 39.3 Å². The fourth-order valence-electron chi connectivity index (χ4n) is 4.05. The molecule has 1 N–H and O–H groups in total. The van der Waals surface area contributed by atoms with Gasteiger partial charge in [0.1, 0.15) is 11.6 Å². The van der Waals surface area contributed by atoms with Crippen LogP contribution in [0, 0.1) is 11.6 Å². The van der Waals surface area contributed by atoms with Gasteiger partial charge in [-0.15, -0.1) is 0 Å². The van der Waals surface area contributed by atoms with Crippen LogP contribution in [-0.4, -0.2) is 30.2 Å². The predicted molar refractivity (Wildman–Crippen MR) is 134 cm³/mol. The molecule has 0 fully saturated rings. The highest BCUT2D eigenvalue weighted by molar-refractivity contribution is 5.98. The number of rotatable bonds is 5. The molecule has 0 atom stereocenters. The predicted octanol–water partition coefficient (Wildman–Crippen LogP) is 5.21. The summed E-state index contributed by atoms with van der Waals surface area (Å²) in [5.41, 5.74) is 4.47. The number of benzene rings is 3. The third-order valence-electron chi connectivity index (χ3n) is 5.88. The van der Waals surface area contributed by atoms with E-state index in [1.54, 1.807) is 65.3 Å². The lowest BCUT2D eigenvalue weighted by atomic mass is 10.0. The molecular weight excluding hydrogens is 474 g/mol. The summed E-state index contributed by atoms with van der Waals surface area (Å²) in [7, 11) is 0. The lowest BCUT2D eigenvalue weighted by molar-refractivity contribution is 0.0950. The smallest absolute Gasteiger partial charge is 0.251 e. The number of imidazole rings is 1. The zero-order chi connectivity index (χ0) is 25.4. The van der Waals surface area contributed by atoms with Crippen LogP contribution in [0.15, 0.2) is 91.4 Å². The van der Waals surface area contributed by atoms with Gasteiger partial charge < -0.3 is 5.32 Å². The van der Waals surface area contributed by atoms with Crippen molar-refractivity contribution in [3.8, 4) is 22.5 Å². The van der Waals surface area contributed by atoms with Gasteiger partial charge in [0.15, 0.2) is 0 Å². The van der Waals surface area contributed by atoms with Gasteiger partial charge >= 0.3 is 0 Å². The van der Waals surface area contributed by atoms with Gasteiger partial charge in [-0.1, -0.05) is 0 Å². The molecule has 37 heavy (non-hydrogen) atoms. The third kappa shape index (κ3) is 4.50. The van der Waals surface area contributed by atoms with Crippen molar-refractivity contribution in [2.75, 3.05) is 0 Å². The maximum absolute atomic E-state index is 13.6. The van der Waals surface area contributed by atoms with Crippen molar-refractivity contribution in [3.63, 3.8) is 0 Å². The Balaban J connectivity index is 1.35.